The van der Waals surface area contributed by atoms with Crippen LogP contribution in [0, 0.1) is 11.8 Å². The number of alkyl halides is 3. The van der Waals surface area contributed by atoms with Gasteiger partial charge in [-0.2, -0.15) is 13.2 Å². The van der Waals surface area contributed by atoms with Crippen molar-refractivity contribution >= 4 is 21.6 Å². The summed E-state index contributed by atoms with van der Waals surface area (Å²) in [6.07, 6.45) is -0.775. The first kappa shape index (κ1) is 25.6. The number of carbonyl (C=O) groups excluding carboxylic acids is 1. The fourth-order valence-corrected chi connectivity index (χ4v) is 5.39. The van der Waals surface area contributed by atoms with Crippen molar-refractivity contribution < 1.29 is 31.1 Å². The third-order valence-corrected chi connectivity index (χ3v) is 7.55. The van der Waals surface area contributed by atoms with E-state index in [-0.39, 0.29) is 16.7 Å². The minimum atomic E-state index is -4.64. The van der Waals surface area contributed by atoms with E-state index in [1.54, 1.807) is 9.80 Å². The monoisotopic (exact) mass is 490 g/mol. The molecule has 0 bridgehead atoms. The quantitative estimate of drug-likeness (QED) is 0.598. The maximum Gasteiger partial charge on any atom is 0.418 e. The van der Waals surface area contributed by atoms with Gasteiger partial charge in [-0.25, -0.2) is 13.2 Å². The van der Waals surface area contributed by atoms with Gasteiger partial charge in [0.05, 0.1) is 10.5 Å². The molecule has 2 fully saturated rings. The molecule has 2 aliphatic heterocycles. The number of sulfone groups is 1. The fourth-order valence-electron chi connectivity index (χ4n) is 4.74. The van der Waals surface area contributed by atoms with Crippen LogP contribution in [0.5, 0.6) is 0 Å². The van der Waals surface area contributed by atoms with Crippen LogP contribution in [0.1, 0.15) is 52.0 Å². The lowest BCUT2D eigenvalue weighted by molar-refractivity contribution is -0.137. The van der Waals surface area contributed by atoms with Crippen molar-refractivity contribution in [2.45, 2.75) is 63.1 Å². The van der Waals surface area contributed by atoms with E-state index >= 15 is 0 Å². The average Bonchev–Trinajstić information content (AvgIpc) is 2.71. The number of carbonyl (C=O) groups is 1. The number of anilines is 1. The van der Waals surface area contributed by atoms with Gasteiger partial charge in [0.1, 0.15) is 5.60 Å². The SMILES string of the molecule is CC(C)(C)OC(=O)N1CCC(C2CCN(c3ccc(S(C)(=O)=O)cc3C(F)(F)F)CC2)CC1. The van der Waals surface area contributed by atoms with E-state index < -0.39 is 27.2 Å². The molecule has 0 radical (unpaired) electrons. The van der Waals surface area contributed by atoms with Crippen LogP contribution in [-0.4, -0.2) is 57.4 Å². The Morgan fingerprint density at radius 2 is 1.48 bits per heavy atom. The van der Waals surface area contributed by atoms with E-state index in [9.17, 15) is 26.4 Å². The van der Waals surface area contributed by atoms with Crippen LogP contribution in [0.4, 0.5) is 23.7 Å². The van der Waals surface area contributed by atoms with E-state index in [1.807, 2.05) is 20.8 Å². The van der Waals surface area contributed by atoms with Crippen molar-refractivity contribution in [2.75, 3.05) is 37.3 Å². The molecule has 3 rings (SSSR count). The lowest BCUT2D eigenvalue weighted by Crippen LogP contribution is -2.44. The Balaban J connectivity index is 1.61. The summed E-state index contributed by atoms with van der Waals surface area (Å²) in [5.41, 5.74) is -1.40. The van der Waals surface area contributed by atoms with E-state index in [0.717, 1.165) is 38.0 Å². The van der Waals surface area contributed by atoms with E-state index in [4.69, 9.17) is 4.74 Å². The van der Waals surface area contributed by atoms with Crippen LogP contribution in [0.3, 0.4) is 0 Å². The van der Waals surface area contributed by atoms with Gasteiger partial charge in [-0.15, -0.1) is 0 Å². The van der Waals surface area contributed by atoms with Crippen molar-refractivity contribution in [3.05, 3.63) is 23.8 Å². The van der Waals surface area contributed by atoms with Gasteiger partial charge in [0, 0.05) is 38.1 Å². The molecule has 10 heteroatoms. The highest BCUT2D eigenvalue weighted by molar-refractivity contribution is 7.90. The Morgan fingerprint density at radius 3 is 1.94 bits per heavy atom. The number of benzene rings is 1. The summed E-state index contributed by atoms with van der Waals surface area (Å²) in [6.45, 7) is 7.74. The van der Waals surface area contributed by atoms with E-state index in [2.05, 4.69) is 0 Å². The Kier molecular flexibility index (Phi) is 7.27. The lowest BCUT2D eigenvalue weighted by Gasteiger charge is -2.41. The van der Waals surface area contributed by atoms with Gasteiger partial charge in [-0.05, 0) is 76.5 Å². The summed E-state index contributed by atoms with van der Waals surface area (Å²) in [6, 6.07) is 3.26. The molecule has 6 nitrogen and oxygen atoms in total. The molecule has 0 spiro atoms. The molecule has 2 aliphatic rings. The van der Waals surface area contributed by atoms with E-state index in [1.165, 1.54) is 12.1 Å². The van der Waals surface area contributed by atoms with Crippen LogP contribution < -0.4 is 4.90 Å². The van der Waals surface area contributed by atoms with Crippen molar-refractivity contribution in [2.24, 2.45) is 11.8 Å². The van der Waals surface area contributed by atoms with E-state index in [0.29, 0.717) is 38.0 Å². The zero-order chi connectivity index (χ0) is 24.6. The number of halogens is 3. The van der Waals surface area contributed by atoms with Crippen LogP contribution in [-0.2, 0) is 20.8 Å². The van der Waals surface area contributed by atoms with Gasteiger partial charge in [0.25, 0.3) is 0 Å². The lowest BCUT2D eigenvalue weighted by atomic mass is 9.78. The van der Waals surface area contributed by atoms with Gasteiger partial charge in [-0.1, -0.05) is 0 Å². The first-order valence-electron chi connectivity index (χ1n) is 11.3. The number of ether oxygens (including phenoxy) is 1. The largest absolute Gasteiger partial charge is 0.444 e. The molecule has 2 heterocycles. The Bertz CT molecular complexity index is 957. The third-order valence-electron chi connectivity index (χ3n) is 6.44. The van der Waals surface area contributed by atoms with Crippen LogP contribution >= 0.6 is 0 Å². The number of hydrogen-bond acceptors (Lipinski definition) is 5. The van der Waals surface area contributed by atoms with Crippen LogP contribution in [0.15, 0.2) is 23.1 Å². The summed E-state index contributed by atoms with van der Waals surface area (Å²) in [4.78, 5) is 15.4. The van der Waals surface area contributed by atoms with Crippen LogP contribution in [0.2, 0.25) is 0 Å². The molecule has 33 heavy (non-hydrogen) atoms. The molecular weight excluding hydrogens is 457 g/mol. The third kappa shape index (κ3) is 6.55. The van der Waals surface area contributed by atoms with Crippen molar-refractivity contribution in [3.8, 4) is 0 Å². The molecule has 0 N–H and O–H groups in total. The molecular formula is C23H33F3N2O4S. The predicted molar refractivity (Wildman–Crippen MR) is 120 cm³/mol. The summed E-state index contributed by atoms with van der Waals surface area (Å²) in [7, 11) is -3.73. The maximum atomic E-state index is 13.7. The molecule has 0 saturated carbocycles. The topological polar surface area (TPSA) is 66.9 Å². The standard InChI is InChI=1S/C23H33F3N2O4S/c1-22(2,3)32-21(29)28-13-9-17(10-14-28)16-7-11-27(12-8-16)20-6-5-18(33(4,30)31)15-19(20)23(24,25)26/h5-6,15-17H,7-14H2,1-4H3. The Hall–Kier alpha value is -1.97. The number of rotatable bonds is 3. The second-order valence-corrected chi connectivity index (χ2v) is 12.1. The van der Waals surface area contributed by atoms with Crippen molar-refractivity contribution in [1.82, 2.24) is 4.90 Å². The number of amides is 1. The molecule has 0 atom stereocenters. The van der Waals surface area contributed by atoms with Crippen molar-refractivity contribution in [1.29, 1.82) is 0 Å². The second-order valence-electron chi connectivity index (χ2n) is 10.1. The smallest absolute Gasteiger partial charge is 0.418 e. The molecule has 0 aromatic heterocycles. The van der Waals surface area contributed by atoms with Gasteiger partial charge < -0.3 is 14.5 Å². The molecule has 186 valence electrons. The highest BCUT2D eigenvalue weighted by Gasteiger charge is 2.38. The zero-order valence-corrected chi connectivity index (χ0v) is 20.4. The van der Waals surface area contributed by atoms with Gasteiger partial charge in [0.2, 0.25) is 0 Å². The minimum Gasteiger partial charge on any atom is -0.444 e. The number of hydrogen-bond donors (Lipinski definition) is 0. The first-order chi connectivity index (χ1) is 15.1. The summed E-state index contributed by atoms with van der Waals surface area (Å²) >= 11 is 0. The normalized spacial score (nSPS) is 19.6. The number of likely N-dealkylation sites (tertiary alicyclic amines) is 1. The first-order valence-corrected chi connectivity index (χ1v) is 13.2. The molecule has 0 unspecified atom stereocenters. The minimum absolute atomic E-state index is 0.0353. The molecule has 0 aliphatic carbocycles. The predicted octanol–water partition coefficient (Wildman–Crippen LogP) is 4.97. The number of nitrogens with zero attached hydrogens (tertiary/aromatic N) is 2. The summed E-state index contributed by atoms with van der Waals surface area (Å²) < 4.78 is 70.0. The maximum absolute atomic E-state index is 13.7. The van der Waals surface area contributed by atoms with Gasteiger partial charge in [-0.3, -0.25) is 0 Å². The van der Waals surface area contributed by atoms with Gasteiger partial charge in [0.15, 0.2) is 9.84 Å². The fraction of sp³-hybridized carbons (Fsp3) is 0.696. The Morgan fingerprint density at radius 1 is 0.970 bits per heavy atom. The summed E-state index contributed by atoms with van der Waals surface area (Å²) in [5, 5.41) is 0. The molecule has 1 amide bonds. The summed E-state index contributed by atoms with van der Waals surface area (Å²) in [5.74, 6) is 0.826. The zero-order valence-electron chi connectivity index (χ0n) is 19.6. The highest BCUT2D eigenvalue weighted by Crippen LogP contribution is 2.40. The highest BCUT2D eigenvalue weighted by atomic mass is 32.2. The molecule has 2 saturated heterocycles. The number of piperidine rings is 2. The molecule has 1 aromatic carbocycles. The average molecular weight is 491 g/mol. The van der Waals surface area contributed by atoms with Crippen LogP contribution in [0.25, 0.3) is 0 Å². The Labute approximate surface area is 194 Å². The van der Waals surface area contributed by atoms with Gasteiger partial charge >= 0.3 is 12.3 Å². The molecule has 1 aromatic rings. The van der Waals surface area contributed by atoms with Crippen molar-refractivity contribution in [3.63, 3.8) is 0 Å². The second kappa shape index (κ2) is 9.35.